The van der Waals surface area contributed by atoms with Crippen LogP contribution >= 0.6 is 15.9 Å². The Labute approximate surface area is 173 Å². The maximum atomic E-state index is 12.1. The summed E-state index contributed by atoms with van der Waals surface area (Å²) in [6.45, 7) is 6.03. The van der Waals surface area contributed by atoms with Gasteiger partial charge in [0.1, 0.15) is 5.60 Å². The van der Waals surface area contributed by atoms with Gasteiger partial charge in [-0.3, -0.25) is 0 Å². The van der Waals surface area contributed by atoms with Gasteiger partial charge in [-0.25, -0.2) is 14.8 Å². The van der Waals surface area contributed by atoms with Gasteiger partial charge in [-0.05, 0) is 50.6 Å². The maximum absolute atomic E-state index is 12.1. The van der Waals surface area contributed by atoms with Gasteiger partial charge >= 0.3 is 6.09 Å². The van der Waals surface area contributed by atoms with E-state index < -0.39 is 5.60 Å². The monoisotopic (exact) mass is 442 g/mol. The third-order valence-electron chi connectivity index (χ3n) is 3.88. The van der Waals surface area contributed by atoms with Crippen LogP contribution in [0.15, 0.2) is 53.1 Å². The Kier molecular flexibility index (Phi) is 5.84. The van der Waals surface area contributed by atoms with E-state index in [2.05, 4.69) is 31.2 Å². The standard InChI is InChI=1S/C21H23BrN4O2/c1-21(2,3)28-20(27)26(4)13-14-5-9-17(10-6-14)24-19-23-12-15-7-8-16(22)11-18(15)25-19/h5-12H,13H2,1-4H3,(H,23,24,25). The lowest BCUT2D eigenvalue weighted by Gasteiger charge is -2.24. The Morgan fingerprint density at radius 3 is 2.57 bits per heavy atom. The molecule has 0 fully saturated rings. The quantitative estimate of drug-likeness (QED) is 0.577. The van der Waals surface area contributed by atoms with E-state index in [0.717, 1.165) is 26.6 Å². The average molecular weight is 443 g/mol. The molecular weight excluding hydrogens is 420 g/mol. The number of amides is 1. The normalized spacial score (nSPS) is 11.3. The summed E-state index contributed by atoms with van der Waals surface area (Å²) in [5.74, 6) is 0.532. The number of aromatic nitrogens is 2. The van der Waals surface area contributed by atoms with Crippen molar-refractivity contribution in [3.05, 3.63) is 58.7 Å². The highest BCUT2D eigenvalue weighted by atomic mass is 79.9. The summed E-state index contributed by atoms with van der Waals surface area (Å²) >= 11 is 3.46. The van der Waals surface area contributed by atoms with E-state index >= 15 is 0 Å². The van der Waals surface area contributed by atoms with Crippen LogP contribution < -0.4 is 5.32 Å². The molecule has 0 saturated heterocycles. The molecule has 1 N–H and O–H groups in total. The van der Waals surface area contributed by atoms with Gasteiger partial charge in [-0.1, -0.05) is 34.1 Å². The van der Waals surface area contributed by atoms with Crippen LogP contribution in [0.2, 0.25) is 0 Å². The van der Waals surface area contributed by atoms with E-state index in [-0.39, 0.29) is 6.09 Å². The number of nitrogens with zero attached hydrogens (tertiary/aromatic N) is 3. The Morgan fingerprint density at radius 2 is 1.89 bits per heavy atom. The van der Waals surface area contributed by atoms with Crippen LogP contribution in [0.5, 0.6) is 0 Å². The second-order valence-electron chi connectivity index (χ2n) is 7.56. The number of rotatable bonds is 4. The van der Waals surface area contributed by atoms with Gasteiger partial charge in [0.2, 0.25) is 5.95 Å². The third kappa shape index (κ3) is 5.42. The van der Waals surface area contributed by atoms with Crippen molar-refractivity contribution in [3.8, 4) is 0 Å². The lowest BCUT2D eigenvalue weighted by molar-refractivity contribution is 0.0285. The minimum Gasteiger partial charge on any atom is -0.444 e. The van der Waals surface area contributed by atoms with Crippen molar-refractivity contribution in [2.45, 2.75) is 32.9 Å². The highest BCUT2D eigenvalue weighted by Crippen LogP contribution is 2.21. The molecule has 3 aromatic rings. The van der Waals surface area contributed by atoms with Crippen LogP contribution in [-0.4, -0.2) is 33.6 Å². The molecule has 0 atom stereocenters. The fourth-order valence-corrected chi connectivity index (χ4v) is 2.91. The summed E-state index contributed by atoms with van der Waals surface area (Å²) in [5, 5.41) is 4.19. The fourth-order valence-electron chi connectivity index (χ4n) is 2.56. The number of ether oxygens (including phenoxy) is 1. The molecule has 1 amide bonds. The molecule has 3 rings (SSSR count). The molecule has 0 unspecified atom stereocenters. The summed E-state index contributed by atoms with van der Waals surface area (Å²) in [5.41, 5.74) is 2.23. The summed E-state index contributed by atoms with van der Waals surface area (Å²) in [7, 11) is 1.72. The van der Waals surface area contributed by atoms with Gasteiger partial charge in [-0.15, -0.1) is 0 Å². The molecule has 0 aliphatic rings. The molecule has 146 valence electrons. The van der Waals surface area contributed by atoms with Gasteiger partial charge in [-0.2, -0.15) is 0 Å². The van der Waals surface area contributed by atoms with Gasteiger partial charge in [0.25, 0.3) is 0 Å². The summed E-state index contributed by atoms with van der Waals surface area (Å²) in [6, 6.07) is 13.7. The zero-order chi connectivity index (χ0) is 20.3. The maximum Gasteiger partial charge on any atom is 0.410 e. The second kappa shape index (κ2) is 8.14. The first-order chi connectivity index (χ1) is 13.2. The van der Waals surface area contributed by atoms with E-state index in [4.69, 9.17) is 4.74 Å². The number of carbonyl (C=O) groups excluding carboxylic acids is 1. The molecule has 0 radical (unpaired) electrons. The molecule has 0 aliphatic carbocycles. The van der Waals surface area contributed by atoms with Crippen molar-refractivity contribution in [1.82, 2.24) is 14.9 Å². The van der Waals surface area contributed by atoms with Crippen molar-refractivity contribution in [2.24, 2.45) is 0 Å². The molecule has 1 heterocycles. The molecule has 1 aromatic heterocycles. The van der Waals surface area contributed by atoms with E-state index in [9.17, 15) is 4.79 Å². The molecule has 28 heavy (non-hydrogen) atoms. The Morgan fingerprint density at radius 1 is 1.18 bits per heavy atom. The van der Waals surface area contributed by atoms with E-state index in [0.29, 0.717) is 12.5 Å². The Bertz CT molecular complexity index is 984. The second-order valence-corrected chi connectivity index (χ2v) is 8.47. The minimum absolute atomic E-state index is 0.342. The van der Waals surface area contributed by atoms with Crippen molar-refractivity contribution in [1.29, 1.82) is 0 Å². The van der Waals surface area contributed by atoms with Crippen molar-refractivity contribution < 1.29 is 9.53 Å². The SMILES string of the molecule is CN(Cc1ccc(Nc2ncc3ccc(Br)cc3n2)cc1)C(=O)OC(C)(C)C. The number of hydrogen-bond acceptors (Lipinski definition) is 5. The minimum atomic E-state index is -0.505. The van der Waals surface area contributed by atoms with Crippen LogP contribution in [0, 0.1) is 0 Å². The molecule has 0 bridgehead atoms. The van der Waals surface area contributed by atoms with Crippen molar-refractivity contribution in [2.75, 3.05) is 12.4 Å². The molecule has 6 nitrogen and oxygen atoms in total. The number of nitrogens with one attached hydrogen (secondary N) is 1. The van der Waals surface area contributed by atoms with Crippen LogP contribution in [0.3, 0.4) is 0 Å². The van der Waals surface area contributed by atoms with Crippen LogP contribution in [0.1, 0.15) is 26.3 Å². The molecule has 7 heteroatoms. The van der Waals surface area contributed by atoms with Gasteiger partial charge in [0.15, 0.2) is 0 Å². The van der Waals surface area contributed by atoms with Gasteiger partial charge in [0.05, 0.1) is 5.52 Å². The first-order valence-corrected chi connectivity index (χ1v) is 9.71. The van der Waals surface area contributed by atoms with Crippen LogP contribution in [-0.2, 0) is 11.3 Å². The predicted octanol–water partition coefficient (Wildman–Crippen LogP) is 5.50. The molecule has 0 spiro atoms. The van der Waals surface area contributed by atoms with E-state index in [1.54, 1.807) is 18.1 Å². The molecular formula is C21H23BrN4O2. The van der Waals surface area contributed by atoms with Gasteiger partial charge in [0, 0.05) is 35.3 Å². The van der Waals surface area contributed by atoms with Crippen LogP contribution in [0.25, 0.3) is 10.9 Å². The molecule has 0 saturated carbocycles. The van der Waals surface area contributed by atoms with Crippen molar-refractivity contribution in [3.63, 3.8) is 0 Å². The zero-order valence-electron chi connectivity index (χ0n) is 16.4. The number of carbonyl (C=O) groups is 1. The number of hydrogen-bond donors (Lipinski definition) is 1. The summed E-state index contributed by atoms with van der Waals surface area (Å²) in [6.07, 6.45) is 1.45. The topological polar surface area (TPSA) is 67.3 Å². The molecule has 2 aromatic carbocycles. The fraction of sp³-hybridized carbons (Fsp3) is 0.286. The highest BCUT2D eigenvalue weighted by Gasteiger charge is 2.19. The first kappa shape index (κ1) is 20.1. The first-order valence-electron chi connectivity index (χ1n) is 8.92. The number of anilines is 2. The zero-order valence-corrected chi connectivity index (χ0v) is 17.9. The number of benzene rings is 2. The lowest BCUT2D eigenvalue weighted by atomic mass is 10.2. The highest BCUT2D eigenvalue weighted by molar-refractivity contribution is 9.10. The Balaban J connectivity index is 1.65. The predicted molar refractivity (Wildman–Crippen MR) is 115 cm³/mol. The summed E-state index contributed by atoms with van der Waals surface area (Å²) < 4.78 is 6.35. The smallest absolute Gasteiger partial charge is 0.410 e. The number of fused-ring (bicyclic) bond motifs is 1. The van der Waals surface area contributed by atoms with Crippen molar-refractivity contribution >= 4 is 44.6 Å². The van der Waals surface area contributed by atoms with E-state index in [1.165, 1.54) is 0 Å². The lowest BCUT2D eigenvalue weighted by Crippen LogP contribution is -2.33. The Hall–Kier alpha value is -2.67. The average Bonchev–Trinajstić information content (AvgIpc) is 2.61. The number of halogens is 1. The third-order valence-corrected chi connectivity index (χ3v) is 4.37. The van der Waals surface area contributed by atoms with Gasteiger partial charge < -0.3 is 15.0 Å². The molecule has 0 aliphatic heterocycles. The largest absolute Gasteiger partial charge is 0.444 e. The summed E-state index contributed by atoms with van der Waals surface area (Å²) in [4.78, 5) is 22.5. The van der Waals surface area contributed by atoms with E-state index in [1.807, 2.05) is 63.2 Å². The van der Waals surface area contributed by atoms with Crippen LogP contribution in [0.4, 0.5) is 16.4 Å².